The van der Waals surface area contributed by atoms with Gasteiger partial charge in [0.05, 0.1) is 5.92 Å². The fraction of sp³-hybridized carbons (Fsp3) is 0.545. The highest BCUT2D eigenvalue weighted by Crippen LogP contribution is 2.24. The fourth-order valence-electron chi connectivity index (χ4n) is 1.92. The number of carbonyl (C=O) groups is 1. The van der Waals surface area contributed by atoms with Crippen LogP contribution in [0.1, 0.15) is 24.1 Å². The lowest BCUT2D eigenvalue weighted by Crippen LogP contribution is -2.34. The van der Waals surface area contributed by atoms with E-state index in [4.69, 9.17) is 5.73 Å². The summed E-state index contributed by atoms with van der Waals surface area (Å²) in [5, 5.41) is 2.01. The number of nitrogens with two attached hydrogens (primary N) is 1. The van der Waals surface area contributed by atoms with E-state index >= 15 is 0 Å². The summed E-state index contributed by atoms with van der Waals surface area (Å²) < 4.78 is 0. The van der Waals surface area contributed by atoms with Crippen molar-refractivity contribution in [3.8, 4) is 0 Å². The molecule has 82 valence electrons. The van der Waals surface area contributed by atoms with Gasteiger partial charge in [0.15, 0.2) is 0 Å². The van der Waals surface area contributed by atoms with E-state index in [1.165, 1.54) is 0 Å². The van der Waals surface area contributed by atoms with Gasteiger partial charge in [-0.1, -0.05) is 6.07 Å². The van der Waals surface area contributed by atoms with Crippen molar-refractivity contribution in [3.05, 3.63) is 22.4 Å². The average Bonchev–Trinajstić information content (AvgIpc) is 2.85. The first-order chi connectivity index (χ1) is 7.18. The summed E-state index contributed by atoms with van der Waals surface area (Å²) in [4.78, 5) is 15.1. The third kappa shape index (κ3) is 2.21. The molecule has 1 aliphatic rings. The maximum atomic E-state index is 12.1. The molecule has 2 rings (SSSR count). The Balaban J connectivity index is 2.02. The highest BCUT2D eigenvalue weighted by molar-refractivity contribution is 7.10. The number of hydrogen-bond donors (Lipinski definition) is 1. The van der Waals surface area contributed by atoms with E-state index in [-0.39, 0.29) is 17.9 Å². The first-order valence-corrected chi connectivity index (χ1v) is 6.14. The van der Waals surface area contributed by atoms with Gasteiger partial charge >= 0.3 is 0 Å². The second-order valence-electron chi connectivity index (χ2n) is 4.07. The molecule has 0 spiro atoms. The predicted molar refractivity (Wildman–Crippen MR) is 61.9 cm³/mol. The molecule has 1 aromatic rings. The number of thiophene rings is 1. The molecule has 1 saturated heterocycles. The standard InChI is InChI=1S/C11H16N2OS/c1-8(10-3-2-6-15-10)11(14)13-5-4-9(12)7-13/h2-3,6,8-9H,4-5,7,12H2,1H3. The fourth-order valence-corrected chi connectivity index (χ4v) is 2.70. The van der Waals surface area contributed by atoms with E-state index in [9.17, 15) is 4.79 Å². The zero-order chi connectivity index (χ0) is 10.8. The molecule has 15 heavy (non-hydrogen) atoms. The number of amides is 1. The summed E-state index contributed by atoms with van der Waals surface area (Å²) in [6.45, 7) is 3.50. The van der Waals surface area contributed by atoms with Crippen LogP contribution >= 0.6 is 11.3 Å². The molecule has 1 aromatic heterocycles. The van der Waals surface area contributed by atoms with E-state index in [1.807, 2.05) is 29.3 Å². The van der Waals surface area contributed by atoms with Gasteiger partial charge in [0.25, 0.3) is 0 Å². The van der Waals surface area contributed by atoms with Gasteiger partial charge < -0.3 is 10.6 Å². The summed E-state index contributed by atoms with van der Waals surface area (Å²) in [5.74, 6) is 0.195. The van der Waals surface area contributed by atoms with Crippen molar-refractivity contribution in [3.63, 3.8) is 0 Å². The molecular formula is C11H16N2OS. The molecule has 0 aliphatic carbocycles. The summed E-state index contributed by atoms with van der Waals surface area (Å²) in [6, 6.07) is 4.17. The Morgan fingerprint density at radius 1 is 1.73 bits per heavy atom. The van der Waals surface area contributed by atoms with Gasteiger partial charge in [0.2, 0.25) is 5.91 Å². The monoisotopic (exact) mass is 224 g/mol. The molecule has 1 amide bonds. The molecule has 0 radical (unpaired) electrons. The van der Waals surface area contributed by atoms with Crippen LogP contribution < -0.4 is 5.73 Å². The van der Waals surface area contributed by atoms with Crippen LogP contribution in [0.3, 0.4) is 0 Å². The molecular weight excluding hydrogens is 208 g/mol. The Morgan fingerprint density at radius 3 is 3.07 bits per heavy atom. The minimum atomic E-state index is -0.0182. The summed E-state index contributed by atoms with van der Waals surface area (Å²) in [6.07, 6.45) is 0.933. The molecule has 0 bridgehead atoms. The Labute approximate surface area is 93.9 Å². The number of hydrogen-bond acceptors (Lipinski definition) is 3. The van der Waals surface area contributed by atoms with Crippen LogP contribution in [0.15, 0.2) is 17.5 Å². The molecule has 0 aromatic carbocycles. The zero-order valence-electron chi connectivity index (χ0n) is 8.85. The normalized spacial score (nSPS) is 23.1. The second-order valence-corrected chi connectivity index (χ2v) is 5.05. The van der Waals surface area contributed by atoms with Crippen molar-refractivity contribution in [2.24, 2.45) is 5.73 Å². The average molecular weight is 224 g/mol. The SMILES string of the molecule is CC(C(=O)N1CCC(N)C1)c1cccs1. The number of nitrogens with zero attached hydrogens (tertiary/aromatic N) is 1. The molecule has 0 saturated carbocycles. The lowest BCUT2D eigenvalue weighted by molar-refractivity contribution is -0.131. The topological polar surface area (TPSA) is 46.3 Å². The molecule has 2 heterocycles. The Hall–Kier alpha value is -0.870. The van der Waals surface area contributed by atoms with Gasteiger partial charge in [-0.05, 0) is 24.8 Å². The summed E-state index contributed by atoms with van der Waals surface area (Å²) in [7, 11) is 0. The van der Waals surface area contributed by atoms with Crippen molar-refractivity contribution in [2.45, 2.75) is 25.3 Å². The third-order valence-corrected chi connectivity index (χ3v) is 3.93. The summed E-state index contributed by atoms with van der Waals surface area (Å²) >= 11 is 1.64. The number of carbonyl (C=O) groups excluding carboxylic acids is 1. The van der Waals surface area contributed by atoms with E-state index in [0.717, 1.165) is 17.8 Å². The van der Waals surface area contributed by atoms with E-state index in [2.05, 4.69) is 0 Å². The predicted octanol–water partition coefficient (Wildman–Crippen LogP) is 1.41. The molecule has 3 nitrogen and oxygen atoms in total. The van der Waals surface area contributed by atoms with Crippen LogP contribution in [0.5, 0.6) is 0 Å². The van der Waals surface area contributed by atoms with Crippen molar-refractivity contribution >= 4 is 17.2 Å². The zero-order valence-corrected chi connectivity index (χ0v) is 9.67. The van der Waals surface area contributed by atoms with Gasteiger partial charge in [0.1, 0.15) is 0 Å². The highest BCUT2D eigenvalue weighted by Gasteiger charge is 2.27. The first kappa shape index (κ1) is 10.6. The molecule has 1 fully saturated rings. The van der Waals surface area contributed by atoms with Crippen LogP contribution in [0, 0.1) is 0 Å². The van der Waals surface area contributed by atoms with Gasteiger partial charge in [-0.2, -0.15) is 0 Å². The third-order valence-electron chi connectivity index (χ3n) is 2.88. The number of rotatable bonds is 2. The van der Waals surface area contributed by atoms with Crippen LogP contribution in [-0.4, -0.2) is 29.9 Å². The second kappa shape index (κ2) is 4.33. The number of likely N-dealkylation sites (tertiary alicyclic amines) is 1. The van der Waals surface area contributed by atoms with Crippen molar-refractivity contribution in [2.75, 3.05) is 13.1 Å². The van der Waals surface area contributed by atoms with Crippen LogP contribution in [0.4, 0.5) is 0 Å². The summed E-state index contributed by atoms with van der Waals surface area (Å²) in [5.41, 5.74) is 5.79. The van der Waals surface area contributed by atoms with Gasteiger partial charge in [-0.15, -0.1) is 11.3 Å². The van der Waals surface area contributed by atoms with E-state index < -0.39 is 0 Å². The molecule has 2 atom stereocenters. The molecule has 4 heteroatoms. The quantitative estimate of drug-likeness (QED) is 0.825. The highest BCUT2D eigenvalue weighted by atomic mass is 32.1. The Bertz CT molecular complexity index is 336. The Kier molecular flexibility index (Phi) is 3.07. The lowest BCUT2D eigenvalue weighted by Gasteiger charge is -2.19. The van der Waals surface area contributed by atoms with Crippen molar-refractivity contribution < 1.29 is 4.79 Å². The van der Waals surface area contributed by atoms with Crippen LogP contribution in [-0.2, 0) is 4.79 Å². The lowest BCUT2D eigenvalue weighted by atomic mass is 10.1. The first-order valence-electron chi connectivity index (χ1n) is 5.26. The minimum absolute atomic E-state index is 0.0182. The maximum absolute atomic E-state index is 12.1. The van der Waals surface area contributed by atoms with E-state index in [0.29, 0.717) is 6.54 Å². The van der Waals surface area contributed by atoms with Gasteiger partial charge in [0, 0.05) is 24.0 Å². The smallest absolute Gasteiger partial charge is 0.230 e. The van der Waals surface area contributed by atoms with E-state index in [1.54, 1.807) is 11.3 Å². The van der Waals surface area contributed by atoms with Gasteiger partial charge in [-0.3, -0.25) is 4.79 Å². The largest absolute Gasteiger partial charge is 0.341 e. The molecule has 1 aliphatic heterocycles. The Morgan fingerprint density at radius 2 is 2.53 bits per heavy atom. The van der Waals surface area contributed by atoms with Crippen LogP contribution in [0.2, 0.25) is 0 Å². The van der Waals surface area contributed by atoms with Gasteiger partial charge in [-0.25, -0.2) is 0 Å². The molecule has 2 N–H and O–H groups in total. The van der Waals surface area contributed by atoms with Crippen LogP contribution in [0.25, 0.3) is 0 Å². The van der Waals surface area contributed by atoms with Crippen molar-refractivity contribution in [1.82, 2.24) is 4.90 Å². The van der Waals surface area contributed by atoms with Crippen molar-refractivity contribution in [1.29, 1.82) is 0 Å². The minimum Gasteiger partial charge on any atom is -0.341 e. The molecule has 2 unspecified atom stereocenters. The maximum Gasteiger partial charge on any atom is 0.230 e.